The van der Waals surface area contributed by atoms with E-state index in [1.165, 1.54) is 0 Å². The second kappa shape index (κ2) is 11.1. The number of carbonyl (C=O) groups excluding carboxylic acids is 2. The van der Waals surface area contributed by atoms with Crippen LogP contribution in [0.2, 0.25) is 0 Å². The summed E-state index contributed by atoms with van der Waals surface area (Å²) in [5.74, 6) is 0.909. The average molecular weight is 400 g/mol. The Morgan fingerprint density at radius 2 is 1.45 bits per heavy atom. The Labute approximate surface area is 172 Å². The molecule has 0 saturated carbocycles. The molecule has 0 aromatic heterocycles. The zero-order chi connectivity index (χ0) is 21.2. The summed E-state index contributed by atoms with van der Waals surface area (Å²) in [6.45, 7) is 7.15. The summed E-state index contributed by atoms with van der Waals surface area (Å²) in [5.41, 5.74) is 2.45. The lowest BCUT2D eigenvalue weighted by Crippen LogP contribution is -3.11. The normalized spacial score (nSPS) is 11.4. The summed E-state index contributed by atoms with van der Waals surface area (Å²) in [6.07, 6.45) is 0. The zero-order valence-corrected chi connectivity index (χ0v) is 17.5. The fourth-order valence-electron chi connectivity index (χ4n) is 2.87. The number of hydrogen-bond donors (Lipinski definition) is 3. The van der Waals surface area contributed by atoms with E-state index in [-0.39, 0.29) is 24.9 Å². The first-order chi connectivity index (χ1) is 13.9. The van der Waals surface area contributed by atoms with Gasteiger partial charge in [-0.2, -0.15) is 0 Å². The molecule has 0 aliphatic rings. The molecule has 1 atom stereocenters. The van der Waals surface area contributed by atoms with Gasteiger partial charge < -0.3 is 25.0 Å². The molecule has 1 unspecified atom stereocenters. The summed E-state index contributed by atoms with van der Waals surface area (Å²) in [6, 6.07) is 12.9. The largest absolute Gasteiger partial charge is 0.490 e. The molecule has 0 spiro atoms. The van der Waals surface area contributed by atoms with E-state index in [0.717, 1.165) is 16.2 Å². The fraction of sp³-hybridized carbons (Fsp3) is 0.364. The van der Waals surface area contributed by atoms with E-state index in [1.807, 2.05) is 45.0 Å². The molecule has 2 amide bonds. The molecular weight excluding hydrogens is 370 g/mol. The van der Waals surface area contributed by atoms with Crippen LogP contribution in [0, 0.1) is 6.92 Å². The molecule has 2 rings (SSSR count). The van der Waals surface area contributed by atoms with Gasteiger partial charge in [-0.05, 0) is 50.6 Å². The van der Waals surface area contributed by atoms with Gasteiger partial charge in [0, 0.05) is 17.4 Å². The number of amides is 2. The molecule has 7 nitrogen and oxygen atoms in total. The monoisotopic (exact) mass is 400 g/mol. The van der Waals surface area contributed by atoms with E-state index < -0.39 is 0 Å². The summed E-state index contributed by atoms with van der Waals surface area (Å²) < 4.78 is 11.1. The Morgan fingerprint density at radius 3 is 2.03 bits per heavy atom. The number of nitrogens with one attached hydrogen (secondary N) is 3. The minimum Gasteiger partial charge on any atom is -0.490 e. The number of hydrogen-bond acceptors (Lipinski definition) is 4. The van der Waals surface area contributed by atoms with E-state index in [2.05, 4.69) is 10.6 Å². The lowest BCUT2D eigenvalue weighted by Gasteiger charge is -2.15. The molecule has 7 heteroatoms. The Hall–Kier alpha value is -3.06. The SMILES string of the molecule is CCOc1ccc(NC(=O)C[NH+](C)CC(=O)Nc2cccc(C)c2)cc1OCC. The number of carbonyl (C=O) groups is 2. The third-order valence-electron chi connectivity index (χ3n) is 4.05. The number of anilines is 2. The van der Waals surface area contributed by atoms with Crippen LogP contribution in [0.5, 0.6) is 11.5 Å². The summed E-state index contributed by atoms with van der Waals surface area (Å²) in [4.78, 5) is 25.3. The number of rotatable bonds is 10. The van der Waals surface area contributed by atoms with Crippen LogP contribution in [0.25, 0.3) is 0 Å². The van der Waals surface area contributed by atoms with Crippen molar-refractivity contribution in [2.45, 2.75) is 20.8 Å². The van der Waals surface area contributed by atoms with E-state index in [9.17, 15) is 9.59 Å². The first-order valence-electron chi connectivity index (χ1n) is 9.78. The van der Waals surface area contributed by atoms with Crippen molar-refractivity contribution >= 4 is 23.2 Å². The first kappa shape index (κ1) is 22.2. The Morgan fingerprint density at radius 1 is 0.862 bits per heavy atom. The van der Waals surface area contributed by atoms with Crippen molar-refractivity contribution in [2.75, 3.05) is 44.0 Å². The van der Waals surface area contributed by atoms with Crippen LogP contribution in [0.15, 0.2) is 42.5 Å². The third kappa shape index (κ3) is 7.46. The van der Waals surface area contributed by atoms with Crippen molar-refractivity contribution in [1.82, 2.24) is 0 Å². The lowest BCUT2D eigenvalue weighted by molar-refractivity contribution is -0.862. The molecule has 0 aliphatic heterocycles. The highest BCUT2D eigenvalue weighted by molar-refractivity contribution is 5.93. The number of ether oxygens (including phenoxy) is 2. The Bertz CT molecular complexity index is 839. The van der Waals surface area contributed by atoms with Gasteiger partial charge in [-0.3, -0.25) is 9.59 Å². The molecule has 2 aromatic carbocycles. The van der Waals surface area contributed by atoms with Crippen LogP contribution in [0.3, 0.4) is 0 Å². The molecule has 0 saturated heterocycles. The second-order valence-corrected chi connectivity index (χ2v) is 6.80. The van der Waals surface area contributed by atoms with Crippen LogP contribution < -0.4 is 25.0 Å². The van der Waals surface area contributed by atoms with Gasteiger partial charge >= 0.3 is 0 Å². The van der Waals surface area contributed by atoms with Crippen LogP contribution >= 0.6 is 0 Å². The van der Waals surface area contributed by atoms with Crippen LogP contribution in [-0.4, -0.2) is 45.2 Å². The van der Waals surface area contributed by atoms with E-state index in [1.54, 1.807) is 25.2 Å². The molecule has 3 N–H and O–H groups in total. The predicted octanol–water partition coefficient (Wildman–Crippen LogP) is 1.88. The summed E-state index contributed by atoms with van der Waals surface area (Å²) >= 11 is 0. The summed E-state index contributed by atoms with van der Waals surface area (Å²) in [7, 11) is 1.80. The maximum atomic E-state index is 12.4. The van der Waals surface area contributed by atoms with Crippen molar-refractivity contribution in [3.05, 3.63) is 48.0 Å². The fourth-order valence-corrected chi connectivity index (χ4v) is 2.87. The molecule has 29 heavy (non-hydrogen) atoms. The van der Waals surface area contributed by atoms with Gasteiger partial charge in [0.25, 0.3) is 11.8 Å². The second-order valence-electron chi connectivity index (χ2n) is 6.80. The van der Waals surface area contributed by atoms with Gasteiger partial charge in [0.2, 0.25) is 0 Å². The maximum Gasteiger partial charge on any atom is 0.279 e. The molecule has 0 bridgehead atoms. The molecule has 0 heterocycles. The van der Waals surface area contributed by atoms with Gasteiger partial charge in [-0.25, -0.2) is 0 Å². The van der Waals surface area contributed by atoms with E-state index in [4.69, 9.17) is 9.47 Å². The minimum absolute atomic E-state index is 0.138. The minimum atomic E-state index is -0.183. The highest BCUT2D eigenvalue weighted by Crippen LogP contribution is 2.30. The van der Waals surface area contributed by atoms with Crippen molar-refractivity contribution in [2.24, 2.45) is 0 Å². The van der Waals surface area contributed by atoms with Crippen LogP contribution in [0.1, 0.15) is 19.4 Å². The van der Waals surface area contributed by atoms with Crippen LogP contribution in [0.4, 0.5) is 11.4 Å². The first-order valence-corrected chi connectivity index (χ1v) is 9.78. The zero-order valence-electron chi connectivity index (χ0n) is 17.5. The lowest BCUT2D eigenvalue weighted by atomic mass is 10.2. The van der Waals surface area contributed by atoms with Gasteiger partial charge in [0.15, 0.2) is 24.6 Å². The molecule has 0 fully saturated rings. The van der Waals surface area contributed by atoms with Crippen molar-refractivity contribution in [1.29, 1.82) is 0 Å². The highest BCUT2D eigenvalue weighted by atomic mass is 16.5. The maximum absolute atomic E-state index is 12.4. The highest BCUT2D eigenvalue weighted by Gasteiger charge is 2.15. The Kier molecular flexibility index (Phi) is 8.48. The molecule has 0 radical (unpaired) electrons. The number of benzene rings is 2. The number of aryl methyl sites for hydroxylation is 1. The van der Waals surface area contributed by atoms with E-state index in [0.29, 0.717) is 30.4 Å². The third-order valence-corrected chi connectivity index (χ3v) is 4.05. The van der Waals surface area contributed by atoms with E-state index >= 15 is 0 Å². The molecule has 0 aliphatic carbocycles. The van der Waals surface area contributed by atoms with Crippen LogP contribution in [-0.2, 0) is 9.59 Å². The average Bonchev–Trinajstić information content (AvgIpc) is 2.63. The van der Waals surface area contributed by atoms with Gasteiger partial charge in [0.1, 0.15) is 0 Å². The molecular formula is C22H30N3O4+. The number of likely N-dealkylation sites (N-methyl/N-ethyl adjacent to an activating group) is 1. The standard InChI is InChI=1S/C22H29N3O4/c1-5-28-19-11-10-18(13-20(19)29-6-2)24-22(27)15-25(4)14-21(26)23-17-9-7-8-16(3)12-17/h7-13H,5-6,14-15H2,1-4H3,(H,23,26)(H,24,27)/p+1. The number of quaternary nitrogens is 1. The van der Waals surface area contributed by atoms with Crippen molar-refractivity contribution < 1.29 is 24.0 Å². The summed E-state index contributed by atoms with van der Waals surface area (Å²) in [5, 5.41) is 5.70. The molecule has 2 aromatic rings. The topological polar surface area (TPSA) is 81.1 Å². The Balaban J connectivity index is 1.87. The quantitative estimate of drug-likeness (QED) is 0.569. The van der Waals surface area contributed by atoms with Gasteiger partial charge in [-0.1, -0.05) is 12.1 Å². The van der Waals surface area contributed by atoms with Gasteiger partial charge in [0.05, 0.1) is 20.3 Å². The predicted molar refractivity (Wildman–Crippen MR) is 114 cm³/mol. The van der Waals surface area contributed by atoms with Gasteiger partial charge in [-0.15, -0.1) is 0 Å². The molecule has 156 valence electrons. The smallest absolute Gasteiger partial charge is 0.279 e. The van der Waals surface area contributed by atoms with Crippen molar-refractivity contribution in [3.63, 3.8) is 0 Å². The van der Waals surface area contributed by atoms with Crippen molar-refractivity contribution in [3.8, 4) is 11.5 Å².